The van der Waals surface area contributed by atoms with Gasteiger partial charge in [0.1, 0.15) is 0 Å². The van der Waals surface area contributed by atoms with Crippen molar-refractivity contribution >= 4 is 15.9 Å². The van der Waals surface area contributed by atoms with Gasteiger partial charge in [-0.3, -0.25) is 0 Å². The smallest absolute Gasteiger partial charge is 0.0220 e. The van der Waals surface area contributed by atoms with Crippen LogP contribution in [0.3, 0.4) is 0 Å². The van der Waals surface area contributed by atoms with Crippen LogP contribution in [0.15, 0.2) is 47.0 Å². The highest BCUT2D eigenvalue weighted by Crippen LogP contribution is 2.26. The summed E-state index contributed by atoms with van der Waals surface area (Å²) in [5, 5.41) is 0. The monoisotopic (exact) mass is 267 g/mol. The molecule has 0 heterocycles. The molecule has 0 aromatic carbocycles. The molecular formula is C13H18BrN. The van der Waals surface area contributed by atoms with Crippen molar-refractivity contribution in [1.82, 2.24) is 4.90 Å². The maximum Gasteiger partial charge on any atom is 0.0220 e. The summed E-state index contributed by atoms with van der Waals surface area (Å²) >= 11 is 3.47. The lowest BCUT2D eigenvalue weighted by molar-refractivity contribution is 0.455. The first-order valence-electron chi connectivity index (χ1n) is 5.08. The van der Waals surface area contributed by atoms with Crippen LogP contribution in [0.4, 0.5) is 0 Å². The Hall–Kier alpha value is -0.600. The van der Waals surface area contributed by atoms with Crippen molar-refractivity contribution in [2.45, 2.75) is 6.92 Å². The lowest BCUT2D eigenvalue weighted by Crippen LogP contribution is -2.12. The molecule has 0 fully saturated rings. The third-order valence-electron chi connectivity index (χ3n) is 2.26. The van der Waals surface area contributed by atoms with Crippen LogP contribution >= 0.6 is 15.9 Å². The highest BCUT2D eigenvalue weighted by molar-refractivity contribution is 9.11. The molecule has 1 atom stereocenters. The number of likely N-dealkylation sites (N-methyl/N-ethyl adjacent to an activating group) is 1. The fraction of sp³-hybridized carbons (Fsp3) is 0.385. The molecule has 0 aromatic rings. The molecule has 15 heavy (non-hydrogen) atoms. The van der Waals surface area contributed by atoms with Crippen molar-refractivity contribution < 1.29 is 0 Å². The highest BCUT2D eigenvalue weighted by atomic mass is 79.9. The van der Waals surface area contributed by atoms with Crippen LogP contribution in [-0.4, -0.2) is 25.5 Å². The summed E-state index contributed by atoms with van der Waals surface area (Å²) < 4.78 is 1.11. The molecule has 82 valence electrons. The van der Waals surface area contributed by atoms with Crippen LogP contribution in [0.2, 0.25) is 0 Å². The molecule has 1 rings (SSSR count). The van der Waals surface area contributed by atoms with E-state index < -0.39 is 0 Å². The van der Waals surface area contributed by atoms with Gasteiger partial charge in [-0.1, -0.05) is 52.4 Å². The molecule has 1 unspecified atom stereocenters. The van der Waals surface area contributed by atoms with Gasteiger partial charge in [0.25, 0.3) is 0 Å². The third-order valence-corrected chi connectivity index (χ3v) is 2.79. The molecule has 0 bridgehead atoms. The van der Waals surface area contributed by atoms with E-state index in [2.05, 4.69) is 84.4 Å². The molecule has 1 aliphatic rings. The molecule has 0 aliphatic heterocycles. The predicted molar refractivity (Wildman–Crippen MR) is 71.1 cm³/mol. The maximum absolute atomic E-state index is 3.47. The van der Waals surface area contributed by atoms with E-state index in [1.54, 1.807) is 0 Å². The molecule has 0 aromatic heterocycles. The zero-order chi connectivity index (χ0) is 11.3. The molecule has 0 saturated carbocycles. The Labute approximate surface area is 101 Å². The second-order valence-electron chi connectivity index (χ2n) is 4.27. The summed E-state index contributed by atoms with van der Waals surface area (Å²) in [5.41, 5.74) is 0.0298. The lowest BCUT2D eigenvalue weighted by Gasteiger charge is -2.16. The number of rotatable bonds is 3. The standard InChI is InChI=1S/C13H18BrN/c1-13(9-5-11-15(2)3)8-4-6-12(14)7-10-13/h4-10H,11H2,1-3H3/b9-5+. The second-order valence-corrected chi connectivity index (χ2v) is 5.19. The normalized spacial score (nSPS) is 26.1. The van der Waals surface area contributed by atoms with E-state index in [9.17, 15) is 0 Å². The molecular weight excluding hydrogens is 250 g/mol. The van der Waals surface area contributed by atoms with Crippen molar-refractivity contribution in [3.63, 3.8) is 0 Å². The van der Waals surface area contributed by atoms with Gasteiger partial charge in [0.2, 0.25) is 0 Å². The van der Waals surface area contributed by atoms with Gasteiger partial charge in [0.15, 0.2) is 0 Å². The quantitative estimate of drug-likeness (QED) is 0.708. The van der Waals surface area contributed by atoms with Gasteiger partial charge in [-0.05, 0) is 27.1 Å². The first kappa shape index (κ1) is 12.5. The third kappa shape index (κ3) is 4.63. The van der Waals surface area contributed by atoms with Crippen LogP contribution in [0.5, 0.6) is 0 Å². The molecule has 0 N–H and O–H groups in total. The van der Waals surface area contributed by atoms with Crippen molar-refractivity contribution in [2.75, 3.05) is 20.6 Å². The van der Waals surface area contributed by atoms with E-state index in [1.807, 2.05) is 0 Å². The summed E-state index contributed by atoms with van der Waals surface area (Å²) in [7, 11) is 4.15. The van der Waals surface area contributed by atoms with Gasteiger partial charge in [-0.15, -0.1) is 0 Å². The first-order valence-corrected chi connectivity index (χ1v) is 5.88. The Morgan fingerprint density at radius 2 is 2.13 bits per heavy atom. The molecule has 0 saturated heterocycles. The Morgan fingerprint density at radius 3 is 2.80 bits per heavy atom. The maximum atomic E-state index is 3.47. The zero-order valence-electron chi connectivity index (χ0n) is 9.57. The van der Waals surface area contributed by atoms with Gasteiger partial charge in [0, 0.05) is 16.4 Å². The van der Waals surface area contributed by atoms with E-state index >= 15 is 0 Å². The minimum absolute atomic E-state index is 0.0298. The van der Waals surface area contributed by atoms with Crippen LogP contribution in [0.1, 0.15) is 6.92 Å². The highest BCUT2D eigenvalue weighted by Gasteiger charge is 2.13. The first-order chi connectivity index (χ1) is 7.02. The SMILES string of the molecule is CN(C)C/C=C/C1(C)C=CC=C(Br)C=C1. The van der Waals surface area contributed by atoms with Crippen molar-refractivity contribution in [3.8, 4) is 0 Å². The minimum Gasteiger partial charge on any atom is -0.306 e. The molecule has 0 amide bonds. The molecule has 2 heteroatoms. The summed E-state index contributed by atoms with van der Waals surface area (Å²) in [6.07, 6.45) is 15.1. The molecule has 0 spiro atoms. The number of hydrogen-bond donors (Lipinski definition) is 0. The Balaban J connectivity index is 2.68. The lowest BCUT2D eigenvalue weighted by atomic mass is 9.89. The van der Waals surface area contributed by atoms with Crippen LogP contribution in [-0.2, 0) is 0 Å². The Morgan fingerprint density at radius 1 is 1.40 bits per heavy atom. The van der Waals surface area contributed by atoms with Gasteiger partial charge in [-0.25, -0.2) is 0 Å². The van der Waals surface area contributed by atoms with Crippen LogP contribution in [0.25, 0.3) is 0 Å². The van der Waals surface area contributed by atoms with E-state index in [4.69, 9.17) is 0 Å². The average Bonchev–Trinajstić information content (AvgIpc) is 2.29. The Kier molecular flexibility index (Phi) is 4.55. The topological polar surface area (TPSA) is 3.24 Å². The zero-order valence-corrected chi connectivity index (χ0v) is 11.2. The van der Waals surface area contributed by atoms with Crippen molar-refractivity contribution in [2.24, 2.45) is 5.41 Å². The molecule has 1 aliphatic carbocycles. The molecule has 1 nitrogen and oxygen atoms in total. The fourth-order valence-electron chi connectivity index (χ4n) is 1.35. The number of nitrogens with zero attached hydrogens (tertiary/aromatic N) is 1. The summed E-state index contributed by atoms with van der Waals surface area (Å²) in [5.74, 6) is 0. The summed E-state index contributed by atoms with van der Waals surface area (Å²) in [6.45, 7) is 3.18. The number of hydrogen-bond acceptors (Lipinski definition) is 1. The van der Waals surface area contributed by atoms with E-state index in [0.717, 1.165) is 11.0 Å². The predicted octanol–water partition coefficient (Wildman–Crippen LogP) is 3.52. The number of halogens is 1. The van der Waals surface area contributed by atoms with Gasteiger partial charge in [0.05, 0.1) is 0 Å². The fourth-order valence-corrected chi connectivity index (χ4v) is 1.63. The summed E-state index contributed by atoms with van der Waals surface area (Å²) in [4.78, 5) is 2.15. The largest absolute Gasteiger partial charge is 0.306 e. The average molecular weight is 268 g/mol. The van der Waals surface area contributed by atoms with Gasteiger partial charge < -0.3 is 4.90 Å². The molecule has 0 radical (unpaired) electrons. The van der Waals surface area contributed by atoms with E-state index in [1.165, 1.54) is 0 Å². The van der Waals surface area contributed by atoms with Crippen LogP contribution in [0, 0.1) is 5.41 Å². The van der Waals surface area contributed by atoms with E-state index in [-0.39, 0.29) is 5.41 Å². The van der Waals surface area contributed by atoms with Gasteiger partial charge in [-0.2, -0.15) is 0 Å². The second kappa shape index (κ2) is 5.47. The number of allylic oxidation sites excluding steroid dienone is 7. The van der Waals surface area contributed by atoms with Crippen molar-refractivity contribution in [3.05, 3.63) is 47.0 Å². The van der Waals surface area contributed by atoms with E-state index in [0.29, 0.717) is 0 Å². The Bertz CT molecular complexity index is 323. The summed E-state index contributed by atoms with van der Waals surface area (Å²) in [6, 6.07) is 0. The van der Waals surface area contributed by atoms with Crippen LogP contribution < -0.4 is 0 Å². The van der Waals surface area contributed by atoms with Gasteiger partial charge >= 0.3 is 0 Å². The minimum atomic E-state index is 0.0298. The van der Waals surface area contributed by atoms with Crippen molar-refractivity contribution in [1.29, 1.82) is 0 Å².